The lowest BCUT2D eigenvalue weighted by molar-refractivity contribution is 0.0478. The van der Waals surface area contributed by atoms with E-state index in [1.54, 1.807) is 0 Å². The van der Waals surface area contributed by atoms with Gasteiger partial charge in [0.2, 0.25) is 0 Å². The van der Waals surface area contributed by atoms with Gasteiger partial charge in [0.25, 0.3) is 0 Å². The van der Waals surface area contributed by atoms with Crippen LogP contribution in [0.15, 0.2) is 0 Å². The van der Waals surface area contributed by atoms with Gasteiger partial charge in [0.05, 0.1) is 6.10 Å². The Labute approximate surface area is 105 Å². The van der Waals surface area contributed by atoms with Crippen LogP contribution in [0.25, 0.3) is 0 Å². The van der Waals surface area contributed by atoms with Crippen molar-refractivity contribution in [3.8, 4) is 0 Å². The standard InChI is InChI=1S/C14H26N2O/c1-3-15(4-2)5-6-16-9-11-7-10-8-12(11)13(16)14(10)17/h10-14,17H,3-9H2,1-2H3. The second-order valence-corrected chi connectivity index (χ2v) is 6.16. The molecule has 1 aliphatic heterocycles. The third kappa shape index (κ3) is 1.83. The zero-order valence-electron chi connectivity index (χ0n) is 11.2. The number of fused-ring (bicyclic) bond motifs is 1. The van der Waals surface area contributed by atoms with E-state index in [1.165, 1.54) is 25.9 Å². The molecule has 0 aromatic carbocycles. The number of aliphatic hydroxyl groups excluding tert-OH is 1. The number of hydrogen-bond donors (Lipinski definition) is 1. The van der Waals surface area contributed by atoms with Gasteiger partial charge in [-0.3, -0.25) is 4.90 Å². The first kappa shape index (κ1) is 11.9. The van der Waals surface area contributed by atoms with Crippen molar-refractivity contribution in [3.63, 3.8) is 0 Å². The van der Waals surface area contributed by atoms with Gasteiger partial charge in [-0.25, -0.2) is 0 Å². The van der Waals surface area contributed by atoms with Crippen LogP contribution in [0.4, 0.5) is 0 Å². The summed E-state index contributed by atoms with van der Waals surface area (Å²) in [7, 11) is 0. The molecular formula is C14H26N2O. The summed E-state index contributed by atoms with van der Waals surface area (Å²) in [5, 5.41) is 10.3. The molecule has 1 N–H and O–H groups in total. The monoisotopic (exact) mass is 238 g/mol. The molecule has 3 heteroatoms. The van der Waals surface area contributed by atoms with Gasteiger partial charge in [-0.1, -0.05) is 13.8 Å². The van der Waals surface area contributed by atoms with Crippen LogP contribution in [0.1, 0.15) is 26.7 Å². The Morgan fingerprint density at radius 2 is 1.94 bits per heavy atom. The van der Waals surface area contributed by atoms with Crippen LogP contribution in [0, 0.1) is 17.8 Å². The van der Waals surface area contributed by atoms with Crippen molar-refractivity contribution in [2.45, 2.75) is 38.8 Å². The molecule has 2 aliphatic carbocycles. The fraction of sp³-hybridized carbons (Fsp3) is 1.00. The normalized spacial score (nSPS) is 44.1. The molecule has 3 aliphatic rings. The van der Waals surface area contributed by atoms with E-state index in [2.05, 4.69) is 23.6 Å². The maximum atomic E-state index is 10.3. The molecule has 1 heterocycles. The van der Waals surface area contributed by atoms with Gasteiger partial charge in [-0.05, 0) is 43.7 Å². The molecule has 17 heavy (non-hydrogen) atoms. The predicted octanol–water partition coefficient (Wildman–Crippen LogP) is 1.03. The Hall–Kier alpha value is -0.120. The fourth-order valence-electron chi connectivity index (χ4n) is 4.60. The molecule has 0 amide bonds. The van der Waals surface area contributed by atoms with Crippen molar-refractivity contribution in [3.05, 3.63) is 0 Å². The highest BCUT2D eigenvalue weighted by Gasteiger charge is 2.58. The zero-order chi connectivity index (χ0) is 12.0. The molecule has 0 spiro atoms. The van der Waals surface area contributed by atoms with Crippen molar-refractivity contribution in [2.24, 2.45) is 17.8 Å². The first-order valence-electron chi connectivity index (χ1n) is 7.39. The average Bonchev–Trinajstić information content (AvgIpc) is 2.92. The highest BCUT2D eigenvalue weighted by molar-refractivity contribution is 5.10. The molecule has 2 saturated carbocycles. The molecular weight excluding hydrogens is 212 g/mol. The SMILES string of the molecule is CCN(CC)CCN1CC2CC3CC2C1C3O. The van der Waals surface area contributed by atoms with E-state index in [9.17, 15) is 5.11 Å². The van der Waals surface area contributed by atoms with Crippen molar-refractivity contribution in [2.75, 3.05) is 32.7 Å². The molecule has 3 rings (SSSR count). The second-order valence-electron chi connectivity index (χ2n) is 6.16. The highest BCUT2D eigenvalue weighted by Crippen LogP contribution is 2.54. The van der Waals surface area contributed by atoms with E-state index < -0.39 is 0 Å². The predicted molar refractivity (Wildman–Crippen MR) is 68.9 cm³/mol. The summed E-state index contributed by atoms with van der Waals surface area (Å²) in [6.45, 7) is 10.3. The second kappa shape index (κ2) is 4.52. The van der Waals surface area contributed by atoms with Gasteiger partial charge in [0.15, 0.2) is 0 Å². The number of rotatable bonds is 5. The van der Waals surface area contributed by atoms with Crippen LogP contribution in [0.3, 0.4) is 0 Å². The lowest BCUT2D eigenvalue weighted by Gasteiger charge is -2.30. The van der Waals surface area contributed by atoms with E-state index in [0.29, 0.717) is 12.0 Å². The first-order valence-corrected chi connectivity index (χ1v) is 7.39. The van der Waals surface area contributed by atoms with Crippen LogP contribution < -0.4 is 0 Å². The maximum Gasteiger partial charge on any atom is 0.0726 e. The quantitative estimate of drug-likeness (QED) is 0.775. The Morgan fingerprint density at radius 3 is 2.59 bits per heavy atom. The van der Waals surface area contributed by atoms with Crippen LogP contribution in [0.2, 0.25) is 0 Å². The summed E-state index contributed by atoms with van der Waals surface area (Å²) in [5.41, 5.74) is 0. The van der Waals surface area contributed by atoms with E-state index in [-0.39, 0.29) is 6.10 Å². The summed E-state index contributed by atoms with van der Waals surface area (Å²) in [6.07, 6.45) is 2.58. The Balaban J connectivity index is 1.59. The van der Waals surface area contributed by atoms with Crippen LogP contribution in [-0.2, 0) is 0 Å². The lowest BCUT2D eigenvalue weighted by atomic mass is 9.88. The number of nitrogens with zero attached hydrogens (tertiary/aromatic N) is 2. The molecule has 3 fully saturated rings. The summed E-state index contributed by atoms with van der Waals surface area (Å²) in [6, 6.07) is 0.509. The highest BCUT2D eigenvalue weighted by atomic mass is 16.3. The van der Waals surface area contributed by atoms with E-state index in [0.717, 1.165) is 31.5 Å². The third-order valence-corrected chi connectivity index (χ3v) is 5.55. The fourth-order valence-corrected chi connectivity index (χ4v) is 4.60. The van der Waals surface area contributed by atoms with Gasteiger partial charge >= 0.3 is 0 Å². The van der Waals surface area contributed by atoms with Crippen molar-refractivity contribution in [1.29, 1.82) is 0 Å². The zero-order valence-corrected chi connectivity index (χ0v) is 11.2. The van der Waals surface area contributed by atoms with Gasteiger partial charge in [0.1, 0.15) is 0 Å². The summed E-state index contributed by atoms with van der Waals surface area (Å²) in [5.74, 6) is 2.37. The molecule has 1 saturated heterocycles. The van der Waals surface area contributed by atoms with Crippen molar-refractivity contribution in [1.82, 2.24) is 9.80 Å². The van der Waals surface area contributed by atoms with Gasteiger partial charge in [0, 0.05) is 25.7 Å². The summed E-state index contributed by atoms with van der Waals surface area (Å²) in [4.78, 5) is 5.07. The lowest BCUT2D eigenvalue weighted by Crippen LogP contribution is -2.43. The summed E-state index contributed by atoms with van der Waals surface area (Å²) < 4.78 is 0. The molecule has 5 unspecified atom stereocenters. The minimum Gasteiger partial charge on any atom is -0.391 e. The van der Waals surface area contributed by atoms with Gasteiger partial charge in [-0.2, -0.15) is 0 Å². The number of aliphatic hydroxyl groups is 1. The van der Waals surface area contributed by atoms with Gasteiger partial charge < -0.3 is 10.0 Å². The molecule has 3 nitrogen and oxygen atoms in total. The minimum atomic E-state index is -0.0181. The largest absolute Gasteiger partial charge is 0.391 e. The third-order valence-electron chi connectivity index (χ3n) is 5.55. The van der Waals surface area contributed by atoms with E-state index in [4.69, 9.17) is 0 Å². The van der Waals surface area contributed by atoms with Crippen LogP contribution in [0.5, 0.6) is 0 Å². The number of likely N-dealkylation sites (N-methyl/N-ethyl adjacent to an activating group) is 1. The average molecular weight is 238 g/mol. The molecule has 0 radical (unpaired) electrons. The number of hydrogen-bond acceptors (Lipinski definition) is 3. The van der Waals surface area contributed by atoms with Crippen molar-refractivity contribution >= 4 is 0 Å². The maximum absolute atomic E-state index is 10.3. The Bertz CT molecular complexity index is 277. The van der Waals surface area contributed by atoms with Gasteiger partial charge in [-0.15, -0.1) is 0 Å². The van der Waals surface area contributed by atoms with E-state index in [1.807, 2.05) is 0 Å². The molecule has 2 bridgehead atoms. The first-order chi connectivity index (χ1) is 8.24. The number of likely N-dealkylation sites (tertiary alicyclic amines) is 1. The molecule has 98 valence electrons. The molecule has 0 aromatic rings. The van der Waals surface area contributed by atoms with Crippen LogP contribution >= 0.6 is 0 Å². The topological polar surface area (TPSA) is 26.7 Å². The Morgan fingerprint density at radius 1 is 1.18 bits per heavy atom. The minimum absolute atomic E-state index is 0.0181. The van der Waals surface area contributed by atoms with Crippen molar-refractivity contribution < 1.29 is 5.11 Å². The summed E-state index contributed by atoms with van der Waals surface area (Å²) >= 11 is 0. The van der Waals surface area contributed by atoms with E-state index >= 15 is 0 Å². The smallest absolute Gasteiger partial charge is 0.0726 e. The molecule has 5 atom stereocenters. The van der Waals surface area contributed by atoms with Crippen LogP contribution in [-0.4, -0.2) is 59.8 Å². The Kier molecular flexibility index (Phi) is 3.18. The molecule has 0 aromatic heterocycles.